The lowest BCUT2D eigenvalue weighted by Crippen LogP contribution is -2.30. The quantitative estimate of drug-likeness (QED) is 0.829. The Kier molecular flexibility index (Phi) is 4.11. The predicted octanol–water partition coefficient (Wildman–Crippen LogP) is 1.87. The van der Waals surface area contributed by atoms with Gasteiger partial charge in [-0.3, -0.25) is 4.68 Å². The topological polar surface area (TPSA) is 81.4 Å². The Hall–Kier alpha value is -1.85. The monoisotopic (exact) mass is 254 g/mol. The van der Waals surface area contributed by atoms with Crippen LogP contribution in [0.3, 0.4) is 0 Å². The number of carboxylic acids is 1. The van der Waals surface area contributed by atoms with Crippen LogP contribution in [0.4, 0.5) is 0 Å². The minimum Gasteiger partial charge on any atom is -0.478 e. The van der Waals surface area contributed by atoms with E-state index in [2.05, 4.69) is 5.10 Å². The number of rotatable bonds is 4. The maximum atomic E-state index is 11.9. The summed E-state index contributed by atoms with van der Waals surface area (Å²) in [7, 11) is 0. The molecule has 6 nitrogen and oxygen atoms in total. The number of aromatic carboxylic acids is 1. The van der Waals surface area contributed by atoms with E-state index in [1.807, 2.05) is 6.92 Å². The SMILES string of the molecule is CC[C@H](C(=O)OC(C)(C)C)n1cc(C(=O)O)cn1. The molecule has 18 heavy (non-hydrogen) atoms. The fraction of sp³-hybridized carbons (Fsp3) is 0.583. The second-order valence-electron chi connectivity index (χ2n) is 4.97. The van der Waals surface area contributed by atoms with Crippen molar-refractivity contribution in [3.8, 4) is 0 Å². The maximum absolute atomic E-state index is 11.9. The number of carboxylic acid groups (broad SMARTS) is 1. The van der Waals surface area contributed by atoms with Gasteiger partial charge >= 0.3 is 11.9 Å². The molecule has 0 aliphatic rings. The molecular formula is C12H18N2O4. The Morgan fingerprint density at radius 3 is 2.50 bits per heavy atom. The molecule has 0 radical (unpaired) electrons. The van der Waals surface area contributed by atoms with Crippen molar-refractivity contribution in [2.24, 2.45) is 0 Å². The average Bonchev–Trinajstić information content (AvgIpc) is 2.65. The zero-order valence-corrected chi connectivity index (χ0v) is 11.0. The first kappa shape index (κ1) is 14.2. The first-order valence-electron chi connectivity index (χ1n) is 5.75. The van der Waals surface area contributed by atoms with Gasteiger partial charge in [0.15, 0.2) is 0 Å². The molecular weight excluding hydrogens is 236 g/mol. The molecule has 0 spiro atoms. The average molecular weight is 254 g/mol. The highest BCUT2D eigenvalue weighted by Gasteiger charge is 2.26. The van der Waals surface area contributed by atoms with Crippen molar-refractivity contribution >= 4 is 11.9 Å². The van der Waals surface area contributed by atoms with Crippen molar-refractivity contribution < 1.29 is 19.4 Å². The number of esters is 1. The second-order valence-corrected chi connectivity index (χ2v) is 4.97. The van der Waals surface area contributed by atoms with Gasteiger partial charge in [0, 0.05) is 6.20 Å². The summed E-state index contributed by atoms with van der Waals surface area (Å²) in [5.41, 5.74) is -0.523. The molecule has 1 rings (SSSR count). The molecule has 0 aliphatic heterocycles. The van der Waals surface area contributed by atoms with Crippen molar-refractivity contribution in [3.05, 3.63) is 18.0 Å². The molecule has 100 valence electrons. The van der Waals surface area contributed by atoms with Crippen LogP contribution in [0.1, 0.15) is 50.5 Å². The molecule has 1 atom stereocenters. The number of hydrogen-bond acceptors (Lipinski definition) is 4. The molecule has 0 saturated carbocycles. The fourth-order valence-electron chi connectivity index (χ4n) is 1.45. The Morgan fingerprint density at radius 1 is 1.50 bits per heavy atom. The Labute approximate surface area is 106 Å². The van der Waals surface area contributed by atoms with Crippen molar-refractivity contribution in [1.82, 2.24) is 9.78 Å². The van der Waals surface area contributed by atoms with Gasteiger partial charge in [-0.05, 0) is 27.2 Å². The fourth-order valence-corrected chi connectivity index (χ4v) is 1.45. The molecule has 6 heteroatoms. The van der Waals surface area contributed by atoms with E-state index in [4.69, 9.17) is 9.84 Å². The zero-order chi connectivity index (χ0) is 13.9. The lowest BCUT2D eigenvalue weighted by molar-refractivity contribution is -0.159. The lowest BCUT2D eigenvalue weighted by atomic mass is 10.1. The summed E-state index contributed by atoms with van der Waals surface area (Å²) in [5.74, 6) is -1.48. The Balaban J connectivity index is 2.88. The molecule has 0 aromatic carbocycles. The van der Waals surface area contributed by atoms with E-state index in [0.29, 0.717) is 6.42 Å². The highest BCUT2D eigenvalue weighted by Crippen LogP contribution is 2.18. The number of aromatic nitrogens is 2. The summed E-state index contributed by atoms with van der Waals surface area (Å²) in [6, 6.07) is -0.600. The number of ether oxygens (including phenoxy) is 1. The largest absolute Gasteiger partial charge is 0.478 e. The van der Waals surface area contributed by atoms with E-state index in [0.717, 1.165) is 0 Å². The van der Waals surface area contributed by atoms with Crippen molar-refractivity contribution in [2.75, 3.05) is 0 Å². The highest BCUT2D eigenvalue weighted by molar-refractivity contribution is 5.87. The van der Waals surface area contributed by atoms with Crippen molar-refractivity contribution in [3.63, 3.8) is 0 Å². The molecule has 0 saturated heterocycles. The molecule has 1 N–H and O–H groups in total. The first-order chi connectivity index (χ1) is 8.24. The number of carbonyl (C=O) groups excluding carboxylic acids is 1. The number of nitrogens with zero attached hydrogens (tertiary/aromatic N) is 2. The summed E-state index contributed by atoms with van der Waals surface area (Å²) < 4.78 is 6.60. The molecule has 0 amide bonds. The number of hydrogen-bond donors (Lipinski definition) is 1. The van der Waals surface area contributed by atoms with Gasteiger partial charge in [-0.25, -0.2) is 9.59 Å². The van der Waals surface area contributed by atoms with E-state index in [1.165, 1.54) is 17.1 Å². The molecule has 1 heterocycles. The molecule has 0 fully saturated rings. The lowest BCUT2D eigenvalue weighted by Gasteiger charge is -2.23. The van der Waals surface area contributed by atoms with Crippen LogP contribution in [0.5, 0.6) is 0 Å². The van der Waals surface area contributed by atoms with Gasteiger partial charge < -0.3 is 9.84 Å². The maximum Gasteiger partial charge on any atom is 0.338 e. The zero-order valence-electron chi connectivity index (χ0n) is 11.0. The van der Waals surface area contributed by atoms with E-state index in [1.54, 1.807) is 20.8 Å². The smallest absolute Gasteiger partial charge is 0.338 e. The molecule has 0 aliphatic carbocycles. The van der Waals surface area contributed by atoms with Crippen molar-refractivity contribution in [2.45, 2.75) is 45.8 Å². The van der Waals surface area contributed by atoms with Crippen LogP contribution in [-0.2, 0) is 9.53 Å². The van der Waals surface area contributed by atoms with Gasteiger partial charge in [0.2, 0.25) is 0 Å². The van der Waals surface area contributed by atoms with E-state index in [9.17, 15) is 9.59 Å². The Bertz CT molecular complexity index is 445. The van der Waals surface area contributed by atoms with Crippen LogP contribution in [0, 0.1) is 0 Å². The van der Waals surface area contributed by atoms with Gasteiger partial charge in [-0.15, -0.1) is 0 Å². The predicted molar refractivity (Wildman–Crippen MR) is 64.4 cm³/mol. The third kappa shape index (κ3) is 3.58. The highest BCUT2D eigenvalue weighted by atomic mass is 16.6. The molecule has 0 unspecified atom stereocenters. The molecule has 1 aromatic rings. The van der Waals surface area contributed by atoms with Crippen LogP contribution in [-0.4, -0.2) is 32.4 Å². The van der Waals surface area contributed by atoms with Crippen molar-refractivity contribution in [1.29, 1.82) is 0 Å². The van der Waals surface area contributed by atoms with Crippen LogP contribution in [0.15, 0.2) is 12.4 Å². The normalized spacial score (nSPS) is 13.1. The Morgan fingerprint density at radius 2 is 2.11 bits per heavy atom. The van der Waals surface area contributed by atoms with Crippen LogP contribution in [0.2, 0.25) is 0 Å². The summed E-state index contributed by atoms with van der Waals surface area (Å²) in [6.45, 7) is 7.16. The third-order valence-electron chi connectivity index (χ3n) is 2.23. The first-order valence-corrected chi connectivity index (χ1v) is 5.75. The van der Waals surface area contributed by atoms with E-state index >= 15 is 0 Å². The second kappa shape index (κ2) is 5.20. The summed E-state index contributed by atoms with van der Waals surface area (Å²) in [6.07, 6.45) is 3.03. The van der Waals surface area contributed by atoms with Crippen LogP contribution in [0.25, 0.3) is 0 Å². The minimum absolute atomic E-state index is 0.0528. The van der Waals surface area contributed by atoms with E-state index < -0.39 is 23.6 Å². The standard InChI is InChI=1S/C12H18N2O4/c1-5-9(11(17)18-12(2,3)4)14-7-8(6-13-14)10(15)16/h6-7,9H,5H2,1-4H3,(H,15,16)/t9-/m1/s1. The summed E-state index contributed by atoms with van der Waals surface area (Å²) in [4.78, 5) is 22.7. The molecule has 1 aromatic heterocycles. The van der Waals surface area contributed by atoms with Gasteiger partial charge in [-0.1, -0.05) is 6.92 Å². The van der Waals surface area contributed by atoms with Gasteiger partial charge in [0.1, 0.15) is 11.6 Å². The van der Waals surface area contributed by atoms with Gasteiger partial charge in [0.25, 0.3) is 0 Å². The summed E-state index contributed by atoms with van der Waals surface area (Å²) in [5, 5.41) is 12.7. The molecule has 0 bridgehead atoms. The summed E-state index contributed by atoms with van der Waals surface area (Å²) >= 11 is 0. The van der Waals surface area contributed by atoms with E-state index in [-0.39, 0.29) is 5.56 Å². The minimum atomic E-state index is -1.07. The van der Waals surface area contributed by atoms with Crippen LogP contribution < -0.4 is 0 Å². The van der Waals surface area contributed by atoms with Crippen LogP contribution >= 0.6 is 0 Å². The van der Waals surface area contributed by atoms with Gasteiger partial charge in [0.05, 0.1) is 11.8 Å². The third-order valence-corrected chi connectivity index (χ3v) is 2.23. The number of carbonyl (C=O) groups is 2. The van der Waals surface area contributed by atoms with Gasteiger partial charge in [-0.2, -0.15) is 5.10 Å².